The summed E-state index contributed by atoms with van der Waals surface area (Å²) >= 11 is 5.96. The van der Waals surface area contributed by atoms with Gasteiger partial charge < -0.3 is 19.7 Å². The molecular weight excluding hydrogens is 396 g/mol. The molecule has 0 aliphatic rings. The van der Waals surface area contributed by atoms with Gasteiger partial charge >= 0.3 is 0 Å². The number of azo groups is 1. The average molecular weight is 415 g/mol. The lowest BCUT2D eigenvalue weighted by Gasteiger charge is -2.04. The Morgan fingerprint density at radius 1 is 1.24 bits per heavy atom. The van der Waals surface area contributed by atoms with Crippen LogP contribution in [0.4, 0.5) is 5.69 Å². The maximum Gasteiger partial charge on any atom is 0.283 e. The second-order valence-electron chi connectivity index (χ2n) is 6.06. The van der Waals surface area contributed by atoms with Gasteiger partial charge in [-0.25, -0.2) is 0 Å². The minimum atomic E-state index is -0.676. The van der Waals surface area contributed by atoms with Gasteiger partial charge in [0.1, 0.15) is 12.3 Å². The quantitative estimate of drug-likeness (QED) is 0.593. The zero-order valence-corrected chi connectivity index (χ0v) is 16.6. The lowest BCUT2D eigenvalue weighted by Crippen LogP contribution is -2.28. The van der Waals surface area contributed by atoms with E-state index < -0.39 is 11.8 Å². The smallest absolute Gasteiger partial charge is 0.283 e. The largest absolute Gasteiger partial charge is 0.497 e. The monoisotopic (exact) mass is 414 g/mol. The van der Waals surface area contributed by atoms with E-state index in [0.29, 0.717) is 17.7 Å². The van der Waals surface area contributed by atoms with Crippen LogP contribution in [0.25, 0.3) is 10.9 Å². The number of ether oxygens (including phenoxy) is 1. The number of hydrogen-bond acceptors (Lipinski definition) is 5. The second kappa shape index (κ2) is 8.74. The average Bonchev–Trinajstić information content (AvgIpc) is 3.00. The predicted molar refractivity (Wildman–Crippen MR) is 109 cm³/mol. The number of benzene rings is 2. The number of amides is 2. The van der Waals surface area contributed by atoms with E-state index in [9.17, 15) is 14.7 Å². The number of halogens is 1. The minimum absolute atomic E-state index is 0.104. The molecule has 150 valence electrons. The summed E-state index contributed by atoms with van der Waals surface area (Å²) in [6.45, 7) is 2.02. The van der Waals surface area contributed by atoms with Gasteiger partial charge in [0.15, 0.2) is 5.69 Å². The van der Waals surface area contributed by atoms with Crippen LogP contribution >= 0.6 is 11.6 Å². The number of hydrogen-bond donors (Lipinski definition) is 2. The van der Waals surface area contributed by atoms with Crippen LogP contribution in [0.1, 0.15) is 17.3 Å². The van der Waals surface area contributed by atoms with Crippen molar-refractivity contribution >= 4 is 40.0 Å². The Morgan fingerprint density at radius 2 is 2.00 bits per heavy atom. The van der Waals surface area contributed by atoms with Crippen molar-refractivity contribution in [3.8, 4) is 11.6 Å². The van der Waals surface area contributed by atoms with E-state index in [1.807, 2.05) is 6.92 Å². The number of nitrogens with one attached hydrogen (secondary N) is 1. The van der Waals surface area contributed by atoms with Crippen LogP contribution in [0.3, 0.4) is 0 Å². The third kappa shape index (κ3) is 4.22. The third-order valence-electron chi connectivity index (χ3n) is 4.31. The van der Waals surface area contributed by atoms with Crippen molar-refractivity contribution in [3.05, 3.63) is 53.1 Å². The van der Waals surface area contributed by atoms with Gasteiger partial charge in [0.05, 0.1) is 23.2 Å². The highest BCUT2D eigenvalue weighted by atomic mass is 35.5. The normalized spacial score (nSPS) is 11.1. The summed E-state index contributed by atoms with van der Waals surface area (Å²) in [4.78, 5) is 24.2. The van der Waals surface area contributed by atoms with Crippen molar-refractivity contribution < 1.29 is 19.4 Å². The molecule has 0 aliphatic heterocycles. The topological polar surface area (TPSA) is 105 Å². The Hall–Kier alpha value is -3.39. The van der Waals surface area contributed by atoms with E-state index in [-0.39, 0.29) is 28.7 Å². The molecule has 0 atom stereocenters. The van der Waals surface area contributed by atoms with E-state index in [2.05, 4.69) is 15.5 Å². The molecule has 2 aromatic carbocycles. The Labute approximate surface area is 171 Å². The fourth-order valence-electron chi connectivity index (χ4n) is 2.89. The summed E-state index contributed by atoms with van der Waals surface area (Å²) < 4.78 is 6.86. The molecule has 0 spiro atoms. The molecule has 3 rings (SSSR count). The molecule has 1 aromatic heterocycles. The van der Waals surface area contributed by atoms with Crippen LogP contribution in [-0.2, 0) is 11.3 Å². The number of aromatic nitrogens is 1. The highest BCUT2D eigenvalue weighted by Crippen LogP contribution is 2.40. The second-order valence-corrected chi connectivity index (χ2v) is 6.46. The van der Waals surface area contributed by atoms with Crippen molar-refractivity contribution in [3.63, 3.8) is 0 Å². The summed E-state index contributed by atoms with van der Waals surface area (Å²) in [5, 5.41) is 21.3. The molecule has 9 heteroatoms. The molecule has 0 fully saturated rings. The molecule has 0 saturated carbocycles. The maximum atomic E-state index is 12.1. The lowest BCUT2D eigenvalue weighted by molar-refractivity contribution is -0.117. The predicted octanol–water partition coefficient (Wildman–Crippen LogP) is 4.07. The summed E-state index contributed by atoms with van der Waals surface area (Å²) in [5.74, 6) is -0.688. The fourth-order valence-corrected chi connectivity index (χ4v) is 3.11. The molecule has 0 unspecified atom stereocenters. The summed E-state index contributed by atoms with van der Waals surface area (Å²) in [6, 6.07) is 11.8. The molecule has 3 aromatic rings. The zero-order valence-electron chi connectivity index (χ0n) is 15.8. The van der Waals surface area contributed by atoms with Gasteiger partial charge in [-0.3, -0.25) is 9.59 Å². The van der Waals surface area contributed by atoms with Crippen LogP contribution in [0, 0.1) is 0 Å². The van der Waals surface area contributed by atoms with E-state index in [1.165, 1.54) is 7.11 Å². The first-order chi connectivity index (χ1) is 14.0. The highest BCUT2D eigenvalue weighted by Gasteiger charge is 2.17. The van der Waals surface area contributed by atoms with Crippen LogP contribution in [0.2, 0.25) is 5.02 Å². The molecule has 0 bridgehead atoms. The first-order valence-electron chi connectivity index (χ1n) is 8.82. The highest BCUT2D eigenvalue weighted by molar-refractivity contribution is 6.33. The van der Waals surface area contributed by atoms with E-state index in [0.717, 1.165) is 5.52 Å². The molecular formula is C20H19ClN4O4. The third-order valence-corrected chi connectivity index (χ3v) is 4.64. The SMILES string of the molecule is CCn1c(O)c(N=NC(=O)CNC(=O)c2ccccc2Cl)c2cc(OC)ccc21. The molecule has 2 N–H and O–H groups in total. The number of rotatable bonds is 6. The number of carbonyl (C=O) groups is 2. The van der Waals surface area contributed by atoms with E-state index in [1.54, 1.807) is 47.0 Å². The Bertz CT molecular complexity index is 1110. The van der Waals surface area contributed by atoms with E-state index in [4.69, 9.17) is 16.3 Å². The summed E-state index contributed by atoms with van der Waals surface area (Å²) in [7, 11) is 1.53. The van der Waals surface area contributed by atoms with Gasteiger partial charge in [0.25, 0.3) is 11.8 Å². The molecule has 1 heterocycles. The number of nitrogens with zero attached hydrogens (tertiary/aromatic N) is 3. The van der Waals surface area contributed by atoms with Gasteiger partial charge in [0.2, 0.25) is 5.88 Å². The Morgan fingerprint density at radius 3 is 2.69 bits per heavy atom. The molecule has 0 saturated heterocycles. The number of methoxy groups -OCH3 is 1. The van der Waals surface area contributed by atoms with E-state index >= 15 is 0 Å². The van der Waals surface area contributed by atoms with Gasteiger partial charge in [0, 0.05) is 11.9 Å². The van der Waals surface area contributed by atoms with Crippen LogP contribution < -0.4 is 10.1 Å². The van der Waals surface area contributed by atoms with Crippen LogP contribution in [0.5, 0.6) is 11.6 Å². The minimum Gasteiger partial charge on any atom is -0.497 e. The van der Waals surface area contributed by atoms with Crippen LogP contribution in [-0.4, -0.2) is 35.1 Å². The number of carbonyl (C=O) groups excluding carboxylic acids is 2. The van der Waals surface area contributed by atoms with Gasteiger partial charge in [-0.1, -0.05) is 23.7 Å². The summed E-state index contributed by atoms with van der Waals surface area (Å²) in [5.41, 5.74) is 1.15. The Balaban J connectivity index is 1.78. The maximum absolute atomic E-state index is 12.1. The molecule has 2 amide bonds. The number of fused-ring (bicyclic) bond motifs is 1. The molecule has 0 radical (unpaired) electrons. The number of aryl methyl sites for hydroxylation is 1. The number of aromatic hydroxyl groups is 1. The first-order valence-corrected chi connectivity index (χ1v) is 9.20. The van der Waals surface area contributed by atoms with Gasteiger partial charge in [-0.2, -0.15) is 0 Å². The van der Waals surface area contributed by atoms with Crippen molar-refractivity contribution in [2.75, 3.05) is 13.7 Å². The van der Waals surface area contributed by atoms with Crippen molar-refractivity contribution in [2.24, 2.45) is 10.2 Å². The molecule has 8 nitrogen and oxygen atoms in total. The van der Waals surface area contributed by atoms with Gasteiger partial charge in [-0.15, -0.1) is 10.2 Å². The zero-order chi connectivity index (χ0) is 21.0. The van der Waals surface area contributed by atoms with Crippen molar-refractivity contribution in [1.82, 2.24) is 9.88 Å². The first kappa shape index (κ1) is 20.3. The lowest BCUT2D eigenvalue weighted by atomic mass is 10.2. The van der Waals surface area contributed by atoms with Gasteiger partial charge in [-0.05, 0) is 37.3 Å². The fraction of sp³-hybridized carbons (Fsp3) is 0.200. The van der Waals surface area contributed by atoms with Crippen molar-refractivity contribution in [1.29, 1.82) is 0 Å². The molecule has 29 heavy (non-hydrogen) atoms. The van der Waals surface area contributed by atoms with Crippen molar-refractivity contribution in [2.45, 2.75) is 13.5 Å². The standard InChI is InChI=1S/C20H19ClN4O4/c1-3-25-16-9-8-12(29-2)10-14(16)18(20(25)28)24-23-17(26)11-22-19(27)13-6-4-5-7-15(13)21/h4-10,28H,3,11H2,1-2H3,(H,22,27). The molecule has 0 aliphatic carbocycles. The Kier molecular flexibility index (Phi) is 6.13. The summed E-state index contributed by atoms with van der Waals surface area (Å²) in [6.07, 6.45) is 0. The van der Waals surface area contributed by atoms with Crippen LogP contribution in [0.15, 0.2) is 52.7 Å².